The molecule has 0 aliphatic rings. The zero-order valence-corrected chi connectivity index (χ0v) is 34.9. The molecule has 0 saturated heterocycles. The van der Waals surface area contributed by atoms with Crippen molar-refractivity contribution in [2.24, 2.45) is 5.41 Å². The largest absolute Gasteiger partial charge is 0.494 e. The molecule has 0 unspecified atom stereocenters. The molecule has 0 heterocycles. The zero-order chi connectivity index (χ0) is 41.9. The Morgan fingerprint density at radius 3 is 1.90 bits per heavy atom. The lowest BCUT2D eigenvalue weighted by Crippen LogP contribution is -2.29. The number of amides is 1. The van der Waals surface area contributed by atoms with Gasteiger partial charge in [0.2, 0.25) is 5.91 Å². The van der Waals surface area contributed by atoms with E-state index >= 15 is 0 Å². The first kappa shape index (κ1) is 41.1. The first-order valence-corrected chi connectivity index (χ1v) is 20.9. The van der Waals surface area contributed by atoms with E-state index in [9.17, 15) is 4.79 Å². The van der Waals surface area contributed by atoms with Gasteiger partial charge < -0.3 is 14.8 Å². The maximum atomic E-state index is 13.0. The lowest BCUT2D eigenvalue weighted by molar-refractivity contribution is -0.124. The molecule has 0 saturated carbocycles. The Morgan fingerprint density at radius 1 is 0.600 bits per heavy atom. The molecule has 4 heteroatoms. The molecule has 4 nitrogen and oxygen atoms in total. The number of unbranched alkanes of at least 4 members (excludes halogenated alkanes) is 5. The minimum atomic E-state index is -0.461. The average molecular weight is 784 g/mol. The Bertz CT molecular complexity index is 2970. The van der Waals surface area contributed by atoms with E-state index in [1.165, 1.54) is 42.9 Å². The summed E-state index contributed by atoms with van der Waals surface area (Å²) in [6, 6.07) is 40.4. The second kappa shape index (κ2) is 19.1. The van der Waals surface area contributed by atoms with Gasteiger partial charge in [0, 0.05) is 28.9 Å². The number of ether oxygens (including phenoxy) is 2. The molecule has 296 valence electrons. The summed E-state index contributed by atoms with van der Waals surface area (Å²) in [4.78, 5) is 13.0. The first-order chi connectivity index (χ1) is 29.3. The highest BCUT2D eigenvalue weighted by Gasteiger charge is 2.25. The number of hydrogen-bond donors (Lipinski definition) is 1. The molecule has 0 aliphatic carbocycles. The van der Waals surface area contributed by atoms with E-state index in [1.54, 1.807) is 0 Å². The third kappa shape index (κ3) is 9.43. The van der Waals surface area contributed by atoms with Gasteiger partial charge in [-0.15, -0.1) is 6.42 Å². The molecule has 0 fully saturated rings. The Morgan fingerprint density at radius 2 is 1.18 bits per heavy atom. The number of nitrogens with one attached hydrogen (secondary N) is 1. The van der Waals surface area contributed by atoms with Crippen molar-refractivity contribution in [1.82, 2.24) is 0 Å². The van der Waals surface area contributed by atoms with Crippen LogP contribution in [0.4, 0.5) is 5.69 Å². The third-order valence-corrected chi connectivity index (χ3v) is 11.3. The van der Waals surface area contributed by atoms with Crippen LogP contribution in [0.3, 0.4) is 0 Å². The van der Waals surface area contributed by atoms with Crippen molar-refractivity contribution in [3.63, 3.8) is 0 Å². The fourth-order valence-electron chi connectivity index (χ4n) is 7.56. The molecule has 0 bridgehead atoms. The van der Waals surface area contributed by atoms with E-state index in [-0.39, 0.29) is 5.91 Å². The van der Waals surface area contributed by atoms with Crippen molar-refractivity contribution in [1.29, 1.82) is 0 Å². The highest BCUT2D eigenvalue weighted by atomic mass is 16.5. The summed E-state index contributed by atoms with van der Waals surface area (Å²) in [7, 11) is 0. The fourth-order valence-corrected chi connectivity index (χ4v) is 7.56. The lowest BCUT2D eigenvalue weighted by Gasteiger charge is -2.21. The Hall–Kier alpha value is -7.11. The van der Waals surface area contributed by atoms with Crippen molar-refractivity contribution in [2.45, 2.75) is 72.6 Å². The molecule has 0 atom stereocenters. The predicted octanol–water partition coefficient (Wildman–Crippen LogP) is 13.7. The van der Waals surface area contributed by atoms with Gasteiger partial charge in [0.15, 0.2) is 0 Å². The van der Waals surface area contributed by atoms with Gasteiger partial charge in [-0.1, -0.05) is 120 Å². The van der Waals surface area contributed by atoms with Crippen LogP contribution in [0.25, 0.3) is 65.3 Å². The van der Waals surface area contributed by atoms with E-state index in [1.807, 2.05) is 39.0 Å². The van der Waals surface area contributed by atoms with Crippen LogP contribution in [0.15, 0.2) is 115 Å². The van der Waals surface area contributed by atoms with Crippen LogP contribution < -0.4 is 14.8 Å². The molecule has 0 radical (unpaired) electrons. The number of carbonyl (C=O) groups is 1. The smallest absolute Gasteiger partial charge is 0.230 e. The van der Waals surface area contributed by atoms with Crippen LogP contribution in [-0.2, 0) is 4.79 Å². The normalized spacial score (nSPS) is 10.8. The highest BCUT2D eigenvalue weighted by molar-refractivity contribution is 6.22. The summed E-state index contributed by atoms with van der Waals surface area (Å²) in [5.74, 6) is 16.7. The molecule has 0 spiro atoms. The SMILES string of the molecule is C#CC#CC#CC#COc1ccc2c(-c3ccc4ccccc4c3)c3cc(OCCCCCCCC)ccc3c(-c3ccc4cc(NC(=O)C(C)(C)CC)ccc4c3)c2c1. The number of carbonyl (C=O) groups excluding carboxylic acids is 1. The monoisotopic (exact) mass is 783 g/mol. The number of anilines is 1. The van der Waals surface area contributed by atoms with Crippen molar-refractivity contribution >= 4 is 54.7 Å². The van der Waals surface area contributed by atoms with E-state index in [0.717, 1.165) is 78.8 Å². The first-order valence-electron chi connectivity index (χ1n) is 20.9. The topological polar surface area (TPSA) is 47.6 Å². The van der Waals surface area contributed by atoms with Crippen LogP contribution in [0, 0.1) is 53.5 Å². The summed E-state index contributed by atoms with van der Waals surface area (Å²) in [6.07, 6.45) is 15.9. The standard InChI is InChI=1S/C56H49NO3/c1-6-9-11-13-15-19-33-59-47-30-32-50-51(38-47)53(44-25-23-40-21-17-18-22-41(40)35-44)49-31-29-48(60-34-20-16-14-12-10-7-2)39-52(49)54(50)45-26-24-43-37-46(28-27-42(43)36-45)57-55(58)56(4,5)8-3/h2,17-18,21-32,35-39H,6,8-9,11,13,15,19,33H2,1,3-5H3,(H,57,58). The van der Waals surface area contributed by atoms with Gasteiger partial charge in [-0.25, -0.2) is 0 Å². The van der Waals surface area contributed by atoms with Gasteiger partial charge in [-0.2, -0.15) is 0 Å². The van der Waals surface area contributed by atoms with Gasteiger partial charge in [-0.3, -0.25) is 4.79 Å². The zero-order valence-electron chi connectivity index (χ0n) is 34.9. The average Bonchev–Trinajstić information content (AvgIpc) is 3.27. The molecule has 7 rings (SSSR count). The predicted molar refractivity (Wildman–Crippen MR) is 252 cm³/mol. The van der Waals surface area contributed by atoms with E-state index < -0.39 is 5.41 Å². The lowest BCUT2D eigenvalue weighted by atomic mass is 9.85. The molecule has 1 amide bonds. The number of terminal acetylenes is 1. The number of rotatable bonds is 14. The van der Waals surface area contributed by atoms with Crippen molar-refractivity contribution in [3.8, 4) is 81.8 Å². The second-order valence-electron chi connectivity index (χ2n) is 15.8. The van der Waals surface area contributed by atoms with E-state index in [2.05, 4.69) is 151 Å². The van der Waals surface area contributed by atoms with Gasteiger partial charge in [-0.05, 0) is 151 Å². The molecule has 7 aromatic carbocycles. The van der Waals surface area contributed by atoms with Crippen LogP contribution in [0.1, 0.15) is 72.6 Å². The molecule has 60 heavy (non-hydrogen) atoms. The Balaban J connectivity index is 1.40. The number of benzene rings is 7. The molecule has 0 aliphatic heterocycles. The summed E-state index contributed by atoms with van der Waals surface area (Å²) < 4.78 is 12.4. The van der Waals surface area contributed by atoms with E-state index in [0.29, 0.717) is 12.4 Å². The summed E-state index contributed by atoms with van der Waals surface area (Å²) in [5.41, 5.74) is 4.66. The van der Waals surface area contributed by atoms with Crippen molar-refractivity contribution in [2.75, 3.05) is 11.9 Å². The Kier molecular flexibility index (Phi) is 13.1. The van der Waals surface area contributed by atoms with Crippen molar-refractivity contribution in [3.05, 3.63) is 115 Å². The molecule has 7 aromatic rings. The van der Waals surface area contributed by atoms with E-state index in [4.69, 9.17) is 15.9 Å². The third-order valence-electron chi connectivity index (χ3n) is 11.3. The number of hydrogen-bond acceptors (Lipinski definition) is 3. The summed E-state index contributed by atoms with van der Waals surface area (Å²) in [6.45, 7) is 8.89. The van der Waals surface area contributed by atoms with Crippen LogP contribution >= 0.6 is 0 Å². The molecular formula is C56H49NO3. The van der Waals surface area contributed by atoms with Crippen LogP contribution in [0.5, 0.6) is 11.5 Å². The van der Waals surface area contributed by atoms with Crippen LogP contribution in [-0.4, -0.2) is 12.5 Å². The maximum Gasteiger partial charge on any atom is 0.230 e. The fraction of sp³-hybridized carbons (Fsp3) is 0.232. The quantitative estimate of drug-likeness (QED) is 0.0679. The highest BCUT2D eigenvalue weighted by Crippen LogP contribution is 2.46. The molecular weight excluding hydrogens is 735 g/mol. The second-order valence-corrected chi connectivity index (χ2v) is 15.8. The minimum Gasteiger partial charge on any atom is -0.494 e. The minimum absolute atomic E-state index is 0.00747. The van der Waals surface area contributed by atoms with Gasteiger partial charge in [0.25, 0.3) is 0 Å². The van der Waals surface area contributed by atoms with Crippen LogP contribution in [0.2, 0.25) is 0 Å². The molecule has 0 aromatic heterocycles. The maximum absolute atomic E-state index is 13.0. The summed E-state index contributed by atoms with van der Waals surface area (Å²) in [5, 5.41) is 11.8. The number of fused-ring (bicyclic) bond motifs is 4. The van der Waals surface area contributed by atoms with Gasteiger partial charge in [0.1, 0.15) is 17.6 Å². The van der Waals surface area contributed by atoms with Gasteiger partial charge >= 0.3 is 0 Å². The molecule has 1 N–H and O–H groups in total. The summed E-state index contributed by atoms with van der Waals surface area (Å²) >= 11 is 0. The Labute approximate surface area is 354 Å². The van der Waals surface area contributed by atoms with Crippen molar-refractivity contribution < 1.29 is 14.3 Å². The van der Waals surface area contributed by atoms with Gasteiger partial charge in [0.05, 0.1) is 6.61 Å².